The molecule has 8 heteroatoms. The van der Waals surface area contributed by atoms with E-state index in [1.165, 1.54) is 0 Å². The Morgan fingerprint density at radius 1 is 1.17 bits per heavy atom. The van der Waals surface area contributed by atoms with E-state index in [2.05, 4.69) is 4.98 Å². The van der Waals surface area contributed by atoms with Crippen LogP contribution in [0.1, 0.15) is 41.8 Å². The maximum Gasteiger partial charge on any atom is 0.419 e. The monoisotopic (exact) mass is 360 g/mol. The molecule has 0 aliphatic heterocycles. The Morgan fingerprint density at radius 2 is 1.92 bits per heavy atom. The molecular formula is C16H13ClF4N2O. The van der Waals surface area contributed by atoms with Crippen LogP contribution in [0.3, 0.4) is 0 Å². The van der Waals surface area contributed by atoms with Crippen molar-refractivity contribution in [2.24, 2.45) is 5.73 Å². The molecule has 1 aliphatic rings. The normalized spacial score (nSPS) is 20.6. The molecule has 2 atom stereocenters. The van der Waals surface area contributed by atoms with E-state index in [0.29, 0.717) is 24.6 Å². The maximum atomic E-state index is 13.7. The van der Waals surface area contributed by atoms with E-state index in [1.54, 1.807) is 12.1 Å². The lowest BCUT2D eigenvalue weighted by Gasteiger charge is -2.29. The predicted molar refractivity (Wildman–Crippen MR) is 80.2 cm³/mol. The quantitative estimate of drug-likeness (QED) is 0.617. The standard InChI is InChI=1S/C16H13ClF4N2O/c17-14-6-2-9-12(22)4-5-13(15(9)23-14)24-8-1-3-10(11(18)7-8)16(19,20)21/h1-3,6-7,12-13H,4-5,22H2. The van der Waals surface area contributed by atoms with Gasteiger partial charge in [-0.05, 0) is 36.6 Å². The minimum Gasteiger partial charge on any atom is -0.484 e. The van der Waals surface area contributed by atoms with Crippen molar-refractivity contribution < 1.29 is 22.3 Å². The van der Waals surface area contributed by atoms with E-state index in [-0.39, 0.29) is 16.9 Å². The van der Waals surface area contributed by atoms with E-state index in [0.717, 1.165) is 17.7 Å². The van der Waals surface area contributed by atoms with Crippen LogP contribution < -0.4 is 10.5 Å². The summed E-state index contributed by atoms with van der Waals surface area (Å²) in [5.41, 5.74) is 5.98. The fourth-order valence-corrected chi connectivity index (χ4v) is 2.89. The SMILES string of the molecule is NC1CCC(Oc2ccc(C(F)(F)F)c(F)c2)c2nc(Cl)ccc21. The smallest absolute Gasteiger partial charge is 0.419 e. The van der Waals surface area contributed by atoms with E-state index in [1.807, 2.05) is 0 Å². The molecule has 128 valence electrons. The average Bonchev–Trinajstić information content (AvgIpc) is 2.49. The summed E-state index contributed by atoms with van der Waals surface area (Å²) < 4.78 is 57.1. The van der Waals surface area contributed by atoms with Crippen molar-refractivity contribution in [2.45, 2.75) is 31.2 Å². The van der Waals surface area contributed by atoms with Crippen LogP contribution in [0.4, 0.5) is 17.6 Å². The minimum absolute atomic E-state index is 0.00584. The molecule has 0 saturated carbocycles. The van der Waals surface area contributed by atoms with Gasteiger partial charge >= 0.3 is 6.18 Å². The number of pyridine rings is 1. The van der Waals surface area contributed by atoms with Crippen LogP contribution in [-0.2, 0) is 6.18 Å². The molecule has 0 spiro atoms. The summed E-state index contributed by atoms with van der Waals surface area (Å²) in [6.07, 6.45) is -4.18. The molecular weight excluding hydrogens is 348 g/mol. The van der Waals surface area contributed by atoms with E-state index in [9.17, 15) is 17.6 Å². The third-order valence-electron chi connectivity index (χ3n) is 3.89. The summed E-state index contributed by atoms with van der Waals surface area (Å²) in [4.78, 5) is 4.21. The number of benzene rings is 1. The molecule has 2 aromatic rings. The fourth-order valence-electron chi connectivity index (χ4n) is 2.73. The lowest BCUT2D eigenvalue weighted by molar-refractivity contribution is -0.140. The minimum atomic E-state index is -4.75. The van der Waals surface area contributed by atoms with Gasteiger partial charge in [-0.25, -0.2) is 9.37 Å². The largest absolute Gasteiger partial charge is 0.484 e. The van der Waals surface area contributed by atoms with Gasteiger partial charge in [0.25, 0.3) is 0 Å². The van der Waals surface area contributed by atoms with Crippen molar-refractivity contribution in [2.75, 3.05) is 0 Å². The summed E-state index contributed by atoms with van der Waals surface area (Å²) in [7, 11) is 0. The molecule has 1 aromatic carbocycles. The molecule has 2 unspecified atom stereocenters. The summed E-state index contributed by atoms with van der Waals surface area (Å²) in [5, 5.41) is 0.259. The number of aromatic nitrogens is 1. The summed E-state index contributed by atoms with van der Waals surface area (Å²) in [6, 6.07) is 5.62. The van der Waals surface area contributed by atoms with Crippen LogP contribution in [0.15, 0.2) is 30.3 Å². The van der Waals surface area contributed by atoms with Gasteiger partial charge in [-0.2, -0.15) is 13.2 Å². The van der Waals surface area contributed by atoms with Crippen molar-refractivity contribution in [1.29, 1.82) is 0 Å². The number of fused-ring (bicyclic) bond motifs is 1. The van der Waals surface area contributed by atoms with Gasteiger partial charge in [0, 0.05) is 12.1 Å². The summed E-state index contributed by atoms with van der Waals surface area (Å²) in [5.74, 6) is -1.39. The van der Waals surface area contributed by atoms with Crippen LogP contribution in [0.2, 0.25) is 5.15 Å². The first-order chi connectivity index (χ1) is 11.3. The Bertz CT molecular complexity index is 766. The molecule has 1 aliphatic carbocycles. The number of ether oxygens (including phenoxy) is 1. The molecule has 0 fully saturated rings. The van der Waals surface area contributed by atoms with Crippen molar-refractivity contribution in [3.63, 3.8) is 0 Å². The Labute approximate surface area is 140 Å². The zero-order valence-corrected chi connectivity index (χ0v) is 13.0. The topological polar surface area (TPSA) is 48.1 Å². The van der Waals surface area contributed by atoms with E-state index in [4.69, 9.17) is 22.1 Å². The zero-order valence-electron chi connectivity index (χ0n) is 12.3. The Balaban J connectivity index is 1.89. The molecule has 3 nitrogen and oxygen atoms in total. The van der Waals surface area contributed by atoms with Gasteiger partial charge in [0.2, 0.25) is 0 Å². The summed E-state index contributed by atoms with van der Waals surface area (Å²) >= 11 is 5.90. The summed E-state index contributed by atoms with van der Waals surface area (Å²) in [6.45, 7) is 0. The number of hydrogen-bond acceptors (Lipinski definition) is 3. The van der Waals surface area contributed by atoms with Crippen LogP contribution in [0.25, 0.3) is 0 Å². The molecule has 3 rings (SSSR count). The molecule has 0 radical (unpaired) electrons. The van der Waals surface area contributed by atoms with Crippen LogP contribution in [-0.4, -0.2) is 4.98 Å². The number of nitrogens with zero attached hydrogens (tertiary/aromatic N) is 1. The second kappa shape index (κ2) is 6.22. The zero-order chi connectivity index (χ0) is 17.5. The third-order valence-corrected chi connectivity index (χ3v) is 4.10. The lowest BCUT2D eigenvalue weighted by atomic mass is 9.90. The van der Waals surface area contributed by atoms with Crippen LogP contribution >= 0.6 is 11.6 Å². The number of hydrogen-bond donors (Lipinski definition) is 1. The molecule has 0 bridgehead atoms. The van der Waals surface area contributed by atoms with Crippen LogP contribution in [0.5, 0.6) is 5.75 Å². The molecule has 1 aromatic heterocycles. The Hall–Kier alpha value is -1.86. The highest BCUT2D eigenvalue weighted by Gasteiger charge is 2.34. The molecule has 2 N–H and O–H groups in total. The number of nitrogens with two attached hydrogens (primary N) is 1. The number of halogens is 5. The average molecular weight is 361 g/mol. The van der Waals surface area contributed by atoms with Crippen molar-refractivity contribution in [3.05, 3.63) is 58.1 Å². The first kappa shape index (κ1) is 17.0. The highest BCUT2D eigenvalue weighted by molar-refractivity contribution is 6.29. The second-order valence-electron chi connectivity index (χ2n) is 5.54. The number of alkyl halides is 3. The molecule has 24 heavy (non-hydrogen) atoms. The van der Waals surface area contributed by atoms with Gasteiger partial charge in [0.1, 0.15) is 22.8 Å². The van der Waals surface area contributed by atoms with Crippen LogP contribution in [0, 0.1) is 5.82 Å². The van der Waals surface area contributed by atoms with Gasteiger partial charge in [-0.3, -0.25) is 0 Å². The second-order valence-corrected chi connectivity index (χ2v) is 5.93. The Morgan fingerprint density at radius 3 is 2.58 bits per heavy atom. The van der Waals surface area contributed by atoms with E-state index < -0.39 is 23.7 Å². The molecule has 0 amide bonds. The highest BCUT2D eigenvalue weighted by atomic mass is 35.5. The van der Waals surface area contributed by atoms with E-state index >= 15 is 0 Å². The fraction of sp³-hybridized carbons (Fsp3) is 0.312. The Kier molecular flexibility index (Phi) is 4.40. The van der Waals surface area contributed by atoms with Gasteiger partial charge in [-0.1, -0.05) is 17.7 Å². The lowest BCUT2D eigenvalue weighted by Crippen LogP contribution is -2.24. The number of rotatable bonds is 2. The van der Waals surface area contributed by atoms with Crippen molar-refractivity contribution in [1.82, 2.24) is 4.98 Å². The predicted octanol–water partition coefficient (Wildman–Crippen LogP) is 4.81. The van der Waals surface area contributed by atoms with Gasteiger partial charge in [-0.15, -0.1) is 0 Å². The highest BCUT2D eigenvalue weighted by Crippen LogP contribution is 2.38. The van der Waals surface area contributed by atoms with Gasteiger partial charge in [0.15, 0.2) is 0 Å². The first-order valence-corrected chi connectivity index (χ1v) is 7.59. The maximum absolute atomic E-state index is 13.7. The van der Waals surface area contributed by atoms with Crippen molar-refractivity contribution >= 4 is 11.6 Å². The molecule has 1 heterocycles. The van der Waals surface area contributed by atoms with Gasteiger partial charge < -0.3 is 10.5 Å². The molecule has 0 saturated heterocycles. The third kappa shape index (κ3) is 3.32. The first-order valence-electron chi connectivity index (χ1n) is 7.21. The van der Waals surface area contributed by atoms with Gasteiger partial charge in [0.05, 0.1) is 11.3 Å². The van der Waals surface area contributed by atoms with Crippen molar-refractivity contribution in [3.8, 4) is 5.75 Å².